The molecule has 58 valence electrons. The van der Waals surface area contributed by atoms with Gasteiger partial charge in [-0.25, -0.2) is 0 Å². The lowest BCUT2D eigenvalue weighted by atomic mass is 10.6. The van der Waals surface area contributed by atoms with Gasteiger partial charge < -0.3 is 4.74 Å². The zero-order valence-corrected chi connectivity index (χ0v) is 6.73. The van der Waals surface area contributed by atoms with Gasteiger partial charge in [-0.15, -0.1) is 0 Å². The van der Waals surface area contributed by atoms with E-state index in [1.807, 2.05) is 6.92 Å². The van der Waals surface area contributed by atoms with Crippen molar-refractivity contribution < 1.29 is 9.30 Å². The third-order valence-electron chi connectivity index (χ3n) is 1.86. The summed E-state index contributed by atoms with van der Waals surface area (Å²) in [5, 5.41) is 5.89. The summed E-state index contributed by atoms with van der Waals surface area (Å²) >= 11 is 0. The van der Waals surface area contributed by atoms with Gasteiger partial charge in [0.25, 0.3) is 0 Å². The minimum absolute atomic E-state index is 0.0602. The number of ether oxygens (including phenoxy) is 1. The van der Waals surface area contributed by atoms with E-state index in [1.165, 1.54) is 0 Å². The fourth-order valence-electron chi connectivity index (χ4n) is 1.24. The summed E-state index contributed by atoms with van der Waals surface area (Å²) in [6, 6.07) is 0. The van der Waals surface area contributed by atoms with Crippen LogP contribution in [0.5, 0.6) is 0 Å². The average Bonchev–Trinajstić information content (AvgIpc) is 2.44. The van der Waals surface area contributed by atoms with Gasteiger partial charge in [-0.3, -0.25) is 14.7 Å². The number of hydrogen-bond acceptors (Lipinski definition) is 2. The van der Waals surface area contributed by atoms with Crippen molar-refractivity contribution in [2.75, 3.05) is 13.1 Å². The predicted molar refractivity (Wildman–Crippen MR) is 37.9 cm³/mol. The van der Waals surface area contributed by atoms with Gasteiger partial charge in [-0.05, 0) is 6.92 Å². The fourth-order valence-corrected chi connectivity index (χ4v) is 3.55. The van der Waals surface area contributed by atoms with Crippen LogP contribution in [0.2, 0.25) is 0 Å². The molecule has 4 nitrogen and oxygen atoms in total. The third kappa shape index (κ3) is 0.920. The number of hydrogen-bond donors (Lipinski definition) is 2. The Morgan fingerprint density at radius 1 is 1.50 bits per heavy atom. The van der Waals surface area contributed by atoms with E-state index in [9.17, 15) is 4.57 Å². The van der Waals surface area contributed by atoms with Crippen LogP contribution in [0.3, 0.4) is 0 Å². The quantitative estimate of drug-likeness (QED) is 0.424. The standard InChI is InChI=1S/C5H11N2O2P/c1-4-5(9-4)10(8)6-2-3-7-10/h4-5H,2-3H2,1H3,(H2,6,7,8)/t4-,5+/m1/s1. The molecule has 0 radical (unpaired) electrons. The smallest absolute Gasteiger partial charge is 0.242 e. The second-order valence-corrected chi connectivity index (χ2v) is 5.16. The molecule has 0 saturated carbocycles. The maximum absolute atomic E-state index is 11.6. The molecule has 5 heteroatoms. The molecule has 2 rings (SSSR count). The summed E-state index contributed by atoms with van der Waals surface area (Å²) in [5.41, 5.74) is 0. The molecule has 0 unspecified atom stereocenters. The van der Waals surface area contributed by atoms with Crippen LogP contribution >= 0.6 is 7.44 Å². The molecule has 2 aliphatic heterocycles. The molecular weight excluding hydrogens is 151 g/mol. The van der Waals surface area contributed by atoms with Crippen LogP contribution in [0.25, 0.3) is 0 Å². The van der Waals surface area contributed by atoms with Crippen molar-refractivity contribution in [3.63, 3.8) is 0 Å². The van der Waals surface area contributed by atoms with Crippen LogP contribution in [0, 0.1) is 0 Å². The highest BCUT2D eigenvalue weighted by atomic mass is 31.2. The number of rotatable bonds is 1. The van der Waals surface area contributed by atoms with E-state index in [0.717, 1.165) is 13.1 Å². The van der Waals surface area contributed by atoms with Gasteiger partial charge in [0.1, 0.15) is 0 Å². The van der Waals surface area contributed by atoms with Crippen molar-refractivity contribution >= 4 is 7.44 Å². The van der Waals surface area contributed by atoms with Crippen LogP contribution in [0.1, 0.15) is 6.92 Å². The molecule has 0 aliphatic carbocycles. The van der Waals surface area contributed by atoms with Crippen molar-refractivity contribution in [2.24, 2.45) is 0 Å². The first-order chi connectivity index (χ1) is 4.72. The summed E-state index contributed by atoms with van der Waals surface area (Å²) in [6.45, 7) is 3.53. The highest BCUT2D eigenvalue weighted by Gasteiger charge is 2.51. The SMILES string of the molecule is C[C@H]1O[C@H]1P1(=O)NCCN1. The lowest BCUT2D eigenvalue weighted by molar-refractivity contribution is 0.403. The van der Waals surface area contributed by atoms with Gasteiger partial charge in [0.2, 0.25) is 7.44 Å². The molecule has 0 spiro atoms. The van der Waals surface area contributed by atoms with Crippen LogP contribution in [0.15, 0.2) is 0 Å². The van der Waals surface area contributed by atoms with Gasteiger partial charge in [0.05, 0.1) is 6.10 Å². The highest BCUT2D eigenvalue weighted by Crippen LogP contribution is 2.54. The average molecular weight is 162 g/mol. The Balaban J connectivity index is 2.08. The van der Waals surface area contributed by atoms with Crippen molar-refractivity contribution in [1.29, 1.82) is 0 Å². The summed E-state index contributed by atoms with van der Waals surface area (Å²) in [4.78, 5) is 0. The second kappa shape index (κ2) is 2.05. The van der Waals surface area contributed by atoms with E-state index in [2.05, 4.69) is 10.2 Å². The Morgan fingerprint density at radius 2 is 2.00 bits per heavy atom. The first kappa shape index (κ1) is 6.80. The maximum atomic E-state index is 11.6. The van der Waals surface area contributed by atoms with Gasteiger partial charge in [0, 0.05) is 13.1 Å². The second-order valence-electron chi connectivity index (χ2n) is 2.71. The molecule has 2 fully saturated rings. The van der Waals surface area contributed by atoms with Crippen molar-refractivity contribution in [1.82, 2.24) is 10.2 Å². The Hall–Kier alpha value is 0.110. The van der Waals surface area contributed by atoms with Gasteiger partial charge in [-0.1, -0.05) is 0 Å². The van der Waals surface area contributed by atoms with Crippen molar-refractivity contribution in [2.45, 2.75) is 18.9 Å². The van der Waals surface area contributed by atoms with E-state index < -0.39 is 7.44 Å². The monoisotopic (exact) mass is 162 g/mol. The van der Waals surface area contributed by atoms with Gasteiger partial charge in [0.15, 0.2) is 5.85 Å². The summed E-state index contributed by atoms with van der Waals surface area (Å²) in [6.07, 6.45) is 0.170. The van der Waals surface area contributed by atoms with Crippen molar-refractivity contribution in [3.05, 3.63) is 0 Å². The maximum Gasteiger partial charge on any atom is 0.242 e. The minimum atomic E-state index is -2.31. The van der Waals surface area contributed by atoms with Gasteiger partial charge >= 0.3 is 0 Å². The molecule has 2 N–H and O–H groups in total. The van der Waals surface area contributed by atoms with E-state index in [0.29, 0.717) is 0 Å². The van der Waals surface area contributed by atoms with E-state index in [4.69, 9.17) is 4.74 Å². The largest absolute Gasteiger partial charge is 0.359 e. The topological polar surface area (TPSA) is 53.7 Å². The predicted octanol–water partition coefficient (Wildman–Crippen LogP) is 0.117. The van der Waals surface area contributed by atoms with Crippen LogP contribution in [-0.4, -0.2) is 25.0 Å². The van der Waals surface area contributed by atoms with Crippen molar-refractivity contribution in [3.8, 4) is 0 Å². The molecule has 2 atom stereocenters. The molecule has 0 aromatic heterocycles. The van der Waals surface area contributed by atoms with Gasteiger partial charge in [-0.2, -0.15) is 0 Å². The summed E-state index contributed by atoms with van der Waals surface area (Å²) in [7, 11) is -2.31. The fraction of sp³-hybridized carbons (Fsp3) is 1.00. The Kier molecular flexibility index (Phi) is 1.39. The molecule has 0 amide bonds. The third-order valence-corrected chi connectivity index (χ3v) is 4.50. The zero-order valence-electron chi connectivity index (χ0n) is 5.83. The Labute approximate surface area is 59.8 Å². The Bertz CT molecular complexity index is 186. The molecule has 2 aliphatic rings. The lowest BCUT2D eigenvalue weighted by Gasteiger charge is -2.06. The molecule has 2 heterocycles. The zero-order chi connectivity index (χ0) is 7.19. The van der Waals surface area contributed by atoms with E-state index in [-0.39, 0.29) is 11.9 Å². The van der Waals surface area contributed by atoms with Crippen LogP contribution < -0.4 is 10.2 Å². The van der Waals surface area contributed by atoms with E-state index >= 15 is 0 Å². The first-order valence-electron chi connectivity index (χ1n) is 3.48. The molecule has 2 saturated heterocycles. The molecular formula is C5H11N2O2P. The van der Waals surface area contributed by atoms with Crippen LogP contribution in [-0.2, 0) is 9.30 Å². The first-order valence-corrected chi connectivity index (χ1v) is 5.25. The minimum Gasteiger partial charge on any atom is -0.359 e. The number of nitrogens with one attached hydrogen (secondary N) is 2. The highest BCUT2D eigenvalue weighted by molar-refractivity contribution is 7.61. The van der Waals surface area contributed by atoms with E-state index in [1.54, 1.807) is 0 Å². The molecule has 0 aromatic rings. The summed E-state index contributed by atoms with van der Waals surface area (Å²) in [5.74, 6) is -0.0602. The lowest BCUT2D eigenvalue weighted by Crippen LogP contribution is -2.12. The molecule has 0 aromatic carbocycles. The number of epoxide rings is 1. The normalized spacial score (nSPS) is 43.7. The molecule has 0 bridgehead atoms. The van der Waals surface area contributed by atoms with Crippen LogP contribution in [0.4, 0.5) is 0 Å². The molecule has 10 heavy (non-hydrogen) atoms. The Morgan fingerprint density at radius 3 is 2.40 bits per heavy atom. The summed E-state index contributed by atoms with van der Waals surface area (Å²) < 4.78 is 16.8.